The molecule has 2 atom stereocenters. The number of rotatable bonds is 5. The van der Waals surface area contributed by atoms with Crippen molar-refractivity contribution in [1.82, 2.24) is 14.7 Å². The van der Waals surface area contributed by atoms with Crippen LogP contribution in [0.4, 0.5) is 10.1 Å². The van der Waals surface area contributed by atoms with Crippen molar-refractivity contribution in [3.63, 3.8) is 0 Å². The number of nitrogens with two attached hydrogens (primary N) is 1. The average molecular weight is 568 g/mol. The van der Waals surface area contributed by atoms with Crippen LogP contribution in [-0.4, -0.2) is 27.2 Å². The third-order valence-electron chi connectivity index (χ3n) is 5.96. The third kappa shape index (κ3) is 4.30. The highest BCUT2D eigenvalue weighted by Crippen LogP contribution is 2.40. The number of anilines is 1. The monoisotopic (exact) mass is 568 g/mol. The van der Waals surface area contributed by atoms with Crippen LogP contribution in [0.25, 0.3) is 16.9 Å². The van der Waals surface area contributed by atoms with E-state index in [0.717, 1.165) is 25.9 Å². The number of carbonyl (C=O) groups is 1. The average Bonchev–Trinajstić information content (AvgIpc) is 3.44. The van der Waals surface area contributed by atoms with Gasteiger partial charge in [0, 0.05) is 26.6 Å². The standard InChI is InChI=1S/C26H22FIN4O2/c1-16(17-4-10-21(29)11-5-17)32-24(33)15-34-26(32)23-14-31(22-12-8-20(28)9-13-22)30-25(23)18-2-6-19(27)7-3-18/h2-14,16,26H,15,29H2,1H3. The van der Waals surface area contributed by atoms with E-state index < -0.39 is 6.23 Å². The van der Waals surface area contributed by atoms with E-state index in [9.17, 15) is 9.18 Å². The van der Waals surface area contributed by atoms with E-state index in [4.69, 9.17) is 15.6 Å². The zero-order chi connectivity index (χ0) is 23.8. The molecular formula is C26H22FIN4O2. The lowest BCUT2D eigenvalue weighted by Gasteiger charge is -2.29. The molecule has 34 heavy (non-hydrogen) atoms. The number of carbonyl (C=O) groups excluding carboxylic acids is 1. The molecule has 1 aliphatic rings. The Morgan fingerprint density at radius 2 is 1.74 bits per heavy atom. The van der Waals surface area contributed by atoms with Gasteiger partial charge in [0.15, 0.2) is 6.23 Å². The number of amides is 1. The van der Waals surface area contributed by atoms with Gasteiger partial charge in [-0.05, 0) is 95.7 Å². The number of hydrogen-bond donors (Lipinski definition) is 1. The second-order valence-electron chi connectivity index (χ2n) is 8.17. The Hall–Kier alpha value is -3.24. The number of nitrogen functional groups attached to an aromatic ring is 1. The summed E-state index contributed by atoms with van der Waals surface area (Å²) in [6.45, 7) is 1.94. The predicted molar refractivity (Wildman–Crippen MR) is 136 cm³/mol. The number of benzene rings is 3. The molecule has 0 spiro atoms. The minimum absolute atomic E-state index is 0.0262. The minimum atomic E-state index is -0.641. The van der Waals surface area contributed by atoms with Crippen molar-refractivity contribution in [2.24, 2.45) is 0 Å². The van der Waals surface area contributed by atoms with E-state index in [1.54, 1.807) is 21.7 Å². The van der Waals surface area contributed by atoms with Gasteiger partial charge in [0.1, 0.15) is 18.1 Å². The Morgan fingerprint density at radius 3 is 2.41 bits per heavy atom. The fraction of sp³-hybridized carbons (Fsp3) is 0.154. The molecule has 6 nitrogen and oxygen atoms in total. The van der Waals surface area contributed by atoms with Crippen molar-refractivity contribution in [3.8, 4) is 16.9 Å². The smallest absolute Gasteiger partial charge is 0.251 e. The van der Waals surface area contributed by atoms with Crippen LogP contribution >= 0.6 is 22.6 Å². The van der Waals surface area contributed by atoms with Crippen molar-refractivity contribution in [2.75, 3.05) is 12.3 Å². The van der Waals surface area contributed by atoms with Gasteiger partial charge in [0.2, 0.25) is 0 Å². The number of aromatic nitrogens is 2. The molecule has 1 saturated heterocycles. The van der Waals surface area contributed by atoms with Crippen LogP contribution in [0.2, 0.25) is 0 Å². The molecule has 0 aliphatic carbocycles. The molecule has 8 heteroatoms. The highest BCUT2D eigenvalue weighted by Gasteiger charge is 2.39. The van der Waals surface area contributed by atoms with Crippen molar-refractivity contribution >= 4 is 34.2 Å². The highest BCUT2D eigenvalue weighted by atomic mass is 127. The maximum absolute atomic E-state index is 13.6. The van der Waals surface area contributed by atoms with Gasteiger partial charge in [-0.25, -0.2) is 9.07 Å². The van der Waals surface area contributed by atoms with Gasteiger partial charge in [0.05, 0.1) is 11.7 Å². The van der Waals surface area contributed by atoms with Gasteiger partial charge in [-0.2, -0.15) is 5.10 Å². The molecule has 2 unspecified atom stereocenters. The molecule has 0 radical (unpaired) electrons. The summed E-state index contributed by atoms with van der Waals surface area (Å²) in [5.41, 5.74) is 10.4. The first-order valence-corrected chi connectivity index (χ1v) is 11.9. The largest absolute Gasteiger partial charge is 0.399 e. The molecule has 2 heterocycles. The molecule has 1 aliphatic heterocycles. The lowest BCUT2D eigenvalue weighted by Crippen LogP contribution is -2.31. The topological polar surface area (TPSA) is 73.4 Å². The first kappa shape index (κ1) is 22.5. The summed E-state index contributed by atoms with van der Waals surface area (Å²) in [6, 6.07) is 21.3. The fourth-order valence-corrected chi connectivity index (χ4v) is 4.52. The van der Waals surface area contributed by atoms with Crippen LogP contribution < -0.4 is 5.73 Å². The first-order valence-electron chi connectivity index (χ1n) is 10.8. The van der Waals surface area contributed by atoms with Crippen LogP contribution in [0, 0.1) is 9.39 Å². The van der Waals surface area contributed by atoms with Crippen LogP contribution in [0.15, 0.2) is 79.0 Å². The summed E-state index contributed by atoms with van der Waals surface area (Å²) in [6.07, 6.45) is 1.24. The van der Waals surface area contributed by atoms with Crippen molar-refractivity contribution in [3.05, 3.63) is 99.5 Å². The normalized spacial score (nSPS) is 16.7. The molecule has 5 rings (SSSR count). The Balaban J connectivity index is 1.60. The molecule has 172 valence electrons. The quantitative estimate of drug-likeness (QED) is 0.256. The van der Waals surface area contributed by atoms with Crippen LogP contribution in [-0.2, 0) is 9.53 Å². The molecule has 3 aromatic carbocycles. The number of nitrogens with zero attached hydrogens (tertiary/aromatic N) is 3. The maximum atomic E-state index is 13.6. The Labute approximate surface area is 210 Å². The number of ether oxygens (including phenoxy) is 1. The maximum Gasteiger partial charge on any atom is 0.251 e. The van der Waals surface area contributed by atoms with Gasteiger partial charge in [-0.15, -0.1) is 0 Å². The highest BCUT2D eigenvalue weighted by molar-refractivity contribution is 14.1. The van der Waals surface area contributed by atoms with E-state index in [2.05, 4.69) is 22.6 Å². The molecule has 0 bridgehead atoms. The predicted octanol–water partition coefficient (Wildman–Crippen LogP) is 5.48. The molecule has 4 aromatic rings. The summed E-state index contributed by atoms with van der Waals surface area (Å²) in [4.78, 5) is 14.7. The Bertz CT molecular complexity index is 1320. The van der Waals surface area contributed by atoms with Crippen molar-refractivity contribution in [1.29, 1.82) is 0 Å². The minimum Gasteiger partial charge on any atom is -0.399 e. The fourth-order valence-electron chi connectivity index (χ4n) is 4.16. The van der Waals surface area contributed by atoms with Gasteiger partial charge in [-0.3, -0.25) is 4.79 Å². The zero-order valence-electron chi connectivity index (χ0n) is 18.4. The molecule has 1 amide bonds. The Morgan fingerprint density at radius 1 is 1.06 bits per heavy atom. The number of halogens is 2. The summed E-state index contributed by atoms with van der Waals surface area (Å²) < 4.78 is 22.5. The summed E-state index contributed by atoms with van der Waals surface area (Å²) >= 11 is 2.25. The van der Waals surface area contributed by atoms with E-state index in [1.807, 2.05) is 61.7 Å². The van der Waals surface area contributed by atoms with Gasteiger partial charge in [-0.1, -0.05) is 12.1 Å². The van der Waals surface area contributed by atoms with Crippen LogP contribution in [0.5, 0.6) is 0 Å². The van der Waals surface area contributed by atoms with Gasteiger partial charge >= 0.3 is 0 Å². The summed E-state index contributed by atoms with van der Waals surface area (Å²) in [5.74, 6) is -0.436. The van der Waals surface area contributed by atoms with E-state index in [1.165, 1.54) is 12.1 Å². The van der Waals surface area contributed by atoms with Gasteiger partial charge < -0.3 is 15.4 Å². The van der Waals surface area contributed by atoms with E-state index in [-0.39, 0.29) is 24.4 Å². The first-order chi connectivity index (χ1) is 16.4. The molecule has 1 fully saturated rings. The second kappa shape index (κ2) is 9.19. The lowest BCUT2D eigenvalue weighted by atomic mass is 10.0. The molecule has 1 aromatic heterocycles. The van der Waals surface area contributed by atoms with Crippen molar-refractivity contribution in [2.45, 2.75) is 19.2 Å². The SMILES string of the molecule is CC(c1ccc(N)cc1)N1C(=O)COC1c1cn(-c2ccc(I)cc2)nc1-c1ccc(F)cc1. The van der Waals surface area contributed by atoms with Gasteiger partial charge in [0.25, 0.3) is 5.91 Å². The molecule has 2 N–H and O–H groups in total. The van der Waals surface area contributed by atoms with Crippen molar-refractivity contribution < 1.29 is 13.9 Å². The van der Waals surface area contributed by atoms with E-state index in [0.29, 0.717) is 11.4 Å². The lowest BCUT2D eigenvalue weighted by molar-refractivity contribution is -0.130. The molecule has 0 saturated carbocycles. The summed E-state index contributed by atoms with van der Waals surface area (Å²) in [7, 11) is 0. The number of hydrogen-bond acceptors (Lipinski definition) is 4. The Kier molecular flexibility index (Phi) is 6.09. The summed E-state index contributed by atoms with van der Waals surface area (Å²) in [5, 5.41) is 4.82. The third-order valence-corrected chi connectivity index (χ3v) is 6.68. The van der Waals surface area contributed by atoms with Crippen LogP contribution in [0.1, 0.15) is 30.3 Å². The second-order valence-corrected chi connectivity index (χ2v) is 9.41. The molecular weight excluding hydrogens is 546 g/mol. The van der Waals surface area contributed by atoms with Crippen LogP contribution in [0.3, 0.4) is 0 Å². The zero-order valence-corrected chi connectivity index (χ0v) is 20.5. The van der Waals surface area contributed by atoms with E-state index >= 15 is 0 Å².